The normalized spacial score (nSPS) is 21.5. The van der Waals surface area contributed by atoms with Gasteiger partial charge in [0.05, 0.1) is 12.7 Å². The molecular weight excluding hydrogens is 440 g/mol. The molecule has 1 aromatic carbocycles. The van der Waals surface area contributed by atoms with E-state index in [2.05, 4.69) is 5.32 Å². The van der Waals surface area contributed by atoms with Crippen LogP contribution in [0.1, 0.15) is 18.2 Å². The quantitative estimate of drug-likeness (QED) is 0.527. The Balaban J connectivity index is 1.48. The fourth-order valence-corrected chi connectivity index (χ4v) is 4.96. The summed E-state index contributed by atoms with van der Waals surface area (Å²) in [5.74, 6) is -0.828. The highest BCUT2D eigenvalue weighted by Gasteiger charge is 2.55. The molecule has 4 rings (SSSR count). The molecule has 0 spiro atoms. The number of benzene rings is 1. The van der Waals surface area contributed by atoms with Crippen LogP contribution in [-0.2, 0) is 32.1 Å². The van der Waals surface area contributed by atoms with Gasteiger partial charge in [-0.15, -0.1) is 0 Å². The van der Waals surface area contributed by atoms with Crippen molar-refractivity contribution >= 4 is 41.1 Å². The number of nitrogens with one attached hydrogen (secondary N) is 1. The van der Waals surface area contributed by atoms with Crippen molar-refractivity contribution in [3.63, 3.8) is 0 Å². The molecule has 160 valence electrons. The van der Waals surface area contributed by atoms with Gasteiger partial charge in [0.1, 0.15) is 29.5 Å². The lowest BCUT2D eigenvalue weighted by Crippen LogP contribution is -2.70. The molecule has 0 saturated carbocycles. The van der Waals surface area contributed by atoms with Gasteiger partial charge in [0.25, 0.3) is 5.91 Å². The van der Waals surface area contributed by atoms with E-state index in [1.54, 1.807) is 19.1 Å². The predicted molar refractivity (Wildman–Crippen MR) is 115 cm³/mol. The largest absolute Gasteiger partial charge is 0.469 e. The van der Waals surface area contributed by atoms with Gasteiger partial charge in [-0.3, -0.25) is 14.5 Å². The Morgan fingerprint density at radius 1 is 1.26 bits per heavy atom. The number of fused-ring (bicyclic) bond motifs is 1. The van der Waals surface area contributed by atoms with Crippen LogP contribution in [0.25, 0.3) is 0 Å². The topological polar surface area (TPSA) is 88.9 Å². The molecule has 1 aromatic heterocycles. The third kappa shape index (κ3) is 4.26. The molecule has 2 aliphatic heterocycles. The third-order valence-corrected chi connectivity index (χ3v) is 6.74. The molecule has 0 bridgehead atoms. The minimum atomic E-state index is -0.774. The van der Waals surface area contributed by atoms with Gasteiger partial charge >= 0.3 is 5.97 Å². The van der Waals surface area contributed by atoms with Crippen LogP contribution in [0.2, 0.25) is 0 Å². The molecule has 3 heterocycles. The van der Waals surface area contributed by atoms with Crippen molar-refractivity contribution in [3.8, 4) is 0 Å². The zero-order chi connectivity index (χ0) is 22.0. The average molecular weight is 459 g/mol. The molecule has 2 atom stereocenters. The molecule has 7 nitrogen and oxygen atoms in total. The number of nitrogens with zero attached hydrogens (tertiary/aromatic N) is 1. The van der Waals surface area contributed by atoms with Crippen molar-refractivity contribution in [2.75, 3.05) is 0 Å². The Morgan fingerprint density at radius 3 is 2.71 bits per heavy atom. The van der Waals surface area contributed by atoms with E-state index in [1.165, 1.54) is 28.5 Å². The zero-order valence-electron chi connectivity index (χ0n) is 16.5. The standard InChI is InChI=1S/C22H19ClN2O5S/c1-13-16(11-23)31-21-18(24-17(26)10-15-8-5-9-29-15)20(27)25(21)19(13)22(28)30-12-14-6-3-2-4-7-14/h2-9,11,18,21H,10,12H2,1H3,(H,24,26)/t18?,21-/m0/s1. The minimum Gasteiger partial charge on any atom is -0.469 e. The zero-order valence-corrected chi connectivity index (χ0v) is 18.1. The number of rotatable bonds is 6. The number of hydrogen-bond acceptors (Lipinski definition) is 6. The van der Waals surface area contributed by atoms with Crippen LogP contribution in [0.5, 0.6) is 0 Å². The van der Waals surface area contributed by atoms with Gasteiger partial charge in [0.2, 0.25) is 5.91 Å². The van der Waals surface area contributed by atoms with Crippen molar-refractivity contribution in [1.29, 1.82) is 0 Å². The summed E-state index contributed by atoms with van der Waals surface area (Å²) in [4.78, 5) is 40.1. The summed E-state index contributed by atoms with van der Waals surface area (Å²) >= 11 is 7.28. The number of thioether (sulfide) groups is 1. The molecule has 0 aliphatic carbocycles. The highest BCUT2D eigenvalue weighted by molar-refractivity contribution is 8.04. The second kappa shape index (κ2) is 9.03. The molecule has 1 N–H and O–H groups in total. The molecule has 2 aromatic rings. The van der Waals surface area contributed by atoms with Crippen molar-refractivity contribution < 1.29 is 23.5 Å². The van der Waals surface area contributed by atoms with E-state index < -0.39 is 17.4 Å². The van der Waals surface area contributed by atoms with Crippen LogP contribution in [0, 0.1) is 0 Å². The summed E-state index contributed by atoms with van der Waals surface area (Å²) in [5.41, 5.74) is 2.91. The fraction of sp³-hybridized carbons (Fsp3) is 0.227. The summed E-state index contributed by atoms with van der Waals surface area (Å²) in [7, 11) is 0. The number of furan rings is 1. The number of halogens is 1. The highest BCUT2D eigenvalue weighted by atomic mass is 35.5. The first-order chi connectivity index (χ1) is 15.0. The maximum absolute atomic E-state index is 12.9. The lowest BCUT2D eigenvalue weighted by Gasteiger charge is -2.49. The molecule has 2 amide bonds. The van der Waals surface area contributed by atoms with Crippen LogP contribution < -0.4 is 5.32 Å². The molecule has 31 heavy (non-hydrogen) atoms. The van der Waals surface area contributed by atoms with Crippen LogP contribution in [0.4, 0.5) is 0 Å². The van der Waals surface area contributed by atoms with E-state index in [9.17, 15) is 14.4 Å². The number of allylic oxidation sites excluding steroid dienone is 1. The summed E-state index contributed by atoms with van der Waals surface area (Å²) in [6.07, 6.45) is 1.50. The monoisotopic (exact) mass is 458 g/mol. The number of hydrogen-bond donors (Lipinski definition) is 1. The van der Waals surface area contributed by atoms with Crippen molar-refractivity contribution in [2.45, 2.75) is 31.4 Å². The number of amides is 2. The van der Waals surface area contributed by atoms with Gasteiger partial charge in [0.15, 0.2) is 0 Å². The average Bonchev–Trinajstić information content (AvgIpc) is 3.29. The van der Waals surface area contributed by atoms with Crippen LogP contribution in [-0.4, -0.2) is 34.1 Å². The Bertz CT molecular complexity index is 1060. The van der Waals surface area contributed by atoms with E-state index in [0.717, 1.165) is 5.56 Å². The number of β-lactam (4-membered cyclic amide) rings is 1. The number of ether oxygens (including phenoxy) is 1. The lowest BCUT2D eigenvalue weighted by molar-refractivity contribution is -0.153. The SMILES string of the molecule is CC1=C(C(=O)OCc2ccccc2)N2C(=O)C(NC(=O)Cc3ccco3)[C@@H]2SC1=CCl. The summed E-state index contributed by atoms with van der Waals surface area (Å²) < 4.78 is 10.6. The van der Waals surface area contributed by atoms with Crippen molar-refractivity contribution in [2.24, 2.45) is 0 Å². The maximum Gasteiger partial charge on any atom is 0.355 e. The van der Waals surface area contributed by atoms with Gasteiger partial charge in [-0.25, -0.2) is 4.79 Å². The first kappa shape index (κ1) is 21.3. The van der Waals surface area contributed by atoms with Crippen LogP contribution >= 0.6 is 23.4 Å². The van der Waals surface area contributed by atoms with E-state index >= 15 is 0 Å². The van der Waals surface area contributed by atoms with E-state index in [-0.39, 0.29) is 30.5 Å². The van der Waals surface area contributed by atoms with Gasteiger partial charge in [-0.1, -0.05) is 53.7 Å². The smallest absolute Gasteiger partial charge is 0.355 e. The third-order valence-electron chi connectivity index (χ3n) is 4.99. The van der Waals surface area contributed by atoms with Crippen molar-refractivity contribution in [1.82, 2.24) is 10.2 Å². The molecule has 2 aliphatic rings. The van der Waals surface area contributed by atoms with Gasteiger partial charge in [-0.2, -0.15) is 0 Å². The molecule has 1 fully saturated rings. The Hall–Kier alpha value is -2.97. The van der Waals surface area contributed by atoms with E-state index in [0.29, 0.717) is 16.2 Å². The summed E-state index contributed by atoms with van der Waals surface area (Å²) in [6.45, 7) is 1.80. The van der Waals surface area contributed by atoms with Gasteiger partial charge < -0.3 is 14.5 Å². The second-order valence-electron chi connectivity index (χ2n) is 7.03. The Kier molecular flexibility index (Phi) is 6.20. The maximum atomic E-state index is 12.9. The summed E-state index contributed by atoms with van der Waals surface area (Å²) in [6, 6.07) is 11.9. The molecule has 0 radical (unpaired) electrons. The predicted octanol–water partition coefficient (Wildman–Crippen LogP) is 3.32. The lowest BCUT2D eigenvalue weighted by atomic mass is 10.0. The van der Waals surface area contributed by atoms with Gasteiger partial charge in [-0.05, 0) is 30.2 Å². The van der Waals surface area contributed by atoms with Crippen molar-refractivity contribution in [3.05, 3.63) is 81.8 Å². The Morgan fingerprint density at radius 2 is 2.03 bits per heavy atom. The van der Waals surface area contributed by atoms with Crippen LogP contribution in [0.3, 0.4) is 0 Å². The highest BCUT2D eigenvalue weighted by Crippen LogP contribution is 2.46. The second-order valence-corrected chi connectivity index (χ2v) is 8.40. The Labute approximate surface area is 188 Å². The van der Waals surface area contributed by atoms with Crippen LogP contribution in [0.15, 0.2) is 74.9 Å². The molecule has 1 saturated heterocycles. The van der Waals surface area contributed by atoms with E-state index in [1.807, 2.05) is 30.3 Å². The number of carbonyl (C=O) groups excluding carboxylic acids is 3. The first-order valence-electron chi connectivity index (χ1n) is 9.53. The molecular formula is C22H19ClN2O5S. The van der Waals surface area contributed by atoms with E-state index in [4.69, 9.17) is 20.8 Å². The molecule has 9 heteroatoms. The minimum absolute atomic E-state index is 0.0210. The van der Waals surface area contributed by atoms with Gasteiger partial charge in [0, 0.05) is 10.4 Å². The summed E-state index contributed by atoms with van der Waals surface area (Å²) in [5, 5.41) is 2.24. The number of esters is 1. The molecule has 1 unspecified atom stereocenters. The number of carbonyl (C=O) groups is 3. The fourth-order valence-electron chi connectivity index (χ4n) is 3.42. The first-order valence-corrected chi connectivity index (χ1v) is 10.9.